The molecule has 3 fully saturated rings. The van der Waals surface area contributed by atoms with Gasteiger partial charge in [-0.2, -0.15) is 0 Å². The predicted octanol–water partition coefficient (Wildman–Crippen LogP) is 3.79. The first-order chi connectivity index (χ1) is 9.51. The maximum Gasteiger partial charge on any atom is 0.0253 e. The van der Waals surface area contributed by atoms with Crippen molar-refractivity contribution in [3.8, 4) is 0 Å². The zero-order valence-corrected chi connectivity index (χ0v) is 13.8. The highest BCUT2D eigenvalue weighted by Crippen LogP contribution is 2.44. The fraction of sp³-hybridized carbons (Fsp3) is 1.00. The number of nitrogens with zero attached hydrogens (tertiary/aromatic N) is 1. The summed E-state index contributed by atoms with van der Waals surface area (Å²) in [6, 6.07) is 1.99. The molecule has 0 saturated heterocycles. The van der Waals surface area contributed by atoms with Crippen molar-refractivity contribution < 1.29 is 0 Å². The van der Waals surface area contributed by atoms with E-state index < -0.39 is 0 Å². The lowest BCUT2D eigenvalue weighted by Gasteiger charge is -2.46. The molecule has 0 aromatic carbocycles. The second-order valence-electron chi connectivity index (χ2n) is 8.45. The van der Waals surface area contributed by atoms with Crippen LogP contribution in [0, 0.1) is 17.3 Å². The van der Waals surface area contributed by atoms with Gasteiger partial charge in [-0.15, -0.1) is 0 Å². The van der Waals surface area contributed by atoms with Crippen molar-refractivity contribution >= 4 is 0 Å². The van der Waals surface area contributed by atoms with Gasteiger partial charge < -0.3 is 5.73 Å². The molecule has 3 unspecified atom stereocenters. The van der Waals surface area contributed by atoms with Crippen LogP contribution in [-0.2, 0) is 0 Å². The number of hydrogen-bond acceptors (Lipinski definition) is 2. The zero-order valence-electron chi connectivity index (χ0n) is 13.8. The number of nitrogens with two attached hydrogens (primary N) is 1. The number of hydrogen-bond donors (Lipinski definition) is 1. The third-order valence-electron chi connectivity index (χ3n) is 6.49. The Balaban J connectivity index is 1.68. The van der Waals surface area contributed by atoms with Crippen LogP contribution < -0.4 is 5.73 Å². The monoisotopic (exact) mass is 278 g/mol. The van der Waals surface area contributed by atoms with E-state index in [1.165, 1.54) is 57.9 Å². The fourth-order valence-corrected chi connectivity index (χ4v) is 4.11. The van der Waals surface area contributed by atoms with E-state index in [9.17, 15) is 0 Å². The van der Waals surface area contributed by atoms with Gasteiger partial charge >= 0.3 is 0 Å². The second kappa shape index (κ2) is 5.61. The third-order valence-corrected chi connectivity index (χ3v) is 6.49. The van der Waals surface area contributed by atoms with Crippen molar-refractivity contribution in [2.45, 2.75) is 90.3 Å². The lowest BCUT2D eigenvalue weighted by molar-refractivity contribution is 0.0529. The van der Waals surface area contributed by atoms with Gasteiger partial charge in [-0.05, 0) is 62.2 Å². The molecule has 0 bridgehead atoms. The minimum absolute atomic E-state index is 0.429. The molecular formula is C18H34N2. The molecule has 0 aliphatic heterocycles. The van der Waals surface area contributed by atoms with Crippen molar-refractivity contribution in [1.82, 2.24) is 4.90 Å². The van der Waals surface area contributed by atoms with Crippen LogP contribution in [0.2, 0.25) is 0 Å². The fourth-order valence-electron chi connectivity index (χ4n) is 4.11. The molecule has 3 rings (SSSR count). The summed E-state index contributed by atoms with van der Waals surface area (Å²) in [7, 11) is 0. The summed E-state index contributed by atoms with van der Waals surface area (Å²) in [5.74, 6) is 1.88. The van der Waals surface area contributed by atoms with E-state index in [1.807, 2.05) is 0 Å². The summed E-state index contributed by atoms with van der Waals surface area (Å²) in [6.45, 7) is 8.64. The third kappa shape index (κ3) is 3.22. The number of rotatable bonds is 6. The van der Waals surface area contributed by atoms with Gasteiger partial charge in [0.05, 0.1) is 0 Å². The summed E-state index contributed by atoms with van der Waals surface area (Å²) in [5, 5.41) is 0. The van der Waals surface area contributed by atoms with Crippen LogP contribution in [-0.4, -0.2) is 29.6 Å². The van der Waals surface area contributed by atoms with Gasteiger partial charge in [0, 0.05) is 24.7 Å². The summed E-state index contributed by atoms with van der Waals surface area (Å²) in [5.41, 5.74) is 7.04. The highest BCUT2D eigenvalue weighted by molar-refractivity contribution is 4.99. The van der Waals surface area contributed by atoms with Gasteiger partial charge in [-0.25, -0.2) is 0 Å². The van der Waals surface area contributed by atoms with Crippen molar-refractivity contribution in [3.63, 3.8) is 0 Å². The Labute approximate surface area is 125 Å². The van der Waals surface area contributed by atoms with Gasteiger partial charge in [0.25, 0.3) is 0 Å². The second-order valence-corrected chi connectivity index (χ2v) is 8.45. The summed E-state index contributed by atoms with van der Waals surface area (Å²) in [4.78, 5) is 2.85. The Hall–Kier alpha value is -0.0800. The van der Waals surface area contributed by atoms with E-state index in [4.69, 9.17) is 5.73 Å². The molecule has 3 aliphatic carbocycles. The van der Waals surface area contributed by atoms with Crippen LogP contribution in [0.4, 0.5) is 0 Å². The van der Waals surface area contributed by atoms with E-state index in [2.05, 4.69) is 25.7 Å². The molecule has 0 radical (unpaired) electrons. The zero-order chi connectivity index (χ0) is 14.3. The van der Waals surface area contributed by atoms with Gasteiger partial charge in [-0.3, -0.25) is 4.90 Å². The average molecular weight is 278 g/mol. The summed E-state index contributed by atoms with van der Waals surface area (Å²) >= 11 is 0. The van der Waals surface area contributed by atoms with E-state index in [1.54, 1.807) is 0 Å². The van der Waals surface area contributed by atoms with Crippen molar-refractivity contribution in [2.75, 3.05) is 6.54 Å². The highest BCUT2D eigenvalue weighted by atomic mass is 15.2. The molecule has 3 aliphatic rings. The highest BCUT2D eigenvalue weighted by Gasteiger charge is 2.43. The maximum atomic E-state index is 6.55. The quantitative estimate of drug-likeness (QED) is 0.801. The molecule has 3 atom stereocenters. The van der Waals surface area contributed by atoms with Crippen molar-refractivity contribution in [1.29, 1.82) is 0 Å². The molecule has 0 aromatic rings. The molecule has 0 spiro atoms. The summed E-state index contributed by atoms with van der Waals surface area (Å²) in [6.07, 6.45) is 11.0. The molecule has 0 amide bonds. The Kier molecular flexibility index (Phi) is 4.16. The van der Waals surface area contributed by atoms with Gasteiger partial charge in [0.15, 0.2) is 0 Å². The topological polar surface area (TPSA) is 29.3 Å². The van der Waals surface area contributed by atoms with Crippen LogP contribution in [0.15, 0.2) is 0 Å². The first kappa shape index (κ1) is 14.8. The molecular weight excluding hydrogens is 244 g/mol. The Morgan fingerprint density at radius 3 is 2.30 bits per heavy atom. The van der Waals surface area contributed by atoms with E-state index in [0.717, 1.165) is 17.9 Å². The van der Waals surface area contributed by atoms with Crippen LogP contribution in [0.3, 0.4) is 0 Å². The molecule has 116 valence electrons. The first-order valence-electron chi connectivity index (χ1n) is 9.02. The molecule has 0 heterocycles. The lowest BCUT2D eigenvalue weighted by atomic mass is 9.67. The van der Waals surface area contributed by atoms with E-state index in [0.29, 0.717) is 17.5 Å². The minimum atomic E-state index is 0.429. The lowest BCUT2D eigenvalue weighted by Crippen LogP contribution is -2.54. The largest absolute Gasteiger partial charge is 0.326 e. The normalized spacial score (nSPS) is 35.5. The molecule has 3 saturated carbocycles. The minimum Gasteiger partial charge on any atom is -0.326 e. The average Bonchev–Trinajstić information content (AvgIpc) is 3.28. The van der Waals surface area contributed by atoms with Gasteiger partial charge in [0.1, 0.15) is 0 Å². The molecule has 20 heavy (non-hydrogen) atoms. The summed E-state index contributed by atoms with van der Waals surface area (Å²) < 4.78 is 0. The smallest absolute Gasteiger partial charge is 0.0253 e. The predicted molar refractivity (Wildman–Crippen MR) is 85.6 cm³/mol. The van der Waals surface area contributed by atoms with Crippen molar-refractivity contribution in [2.24, 2.45) is 23.0 Å². The maximum absolute atomic E-state index is 6.55. The Morgan fingerprint density at radius 1 is 1.05 bits per heavy atom. The van der Waals surface area contributed by atoms with Gasteiger partial charge in [0.2, 0.25) is 0 Å². The molecule has 2 heteroatoms. The van der Waals surface area contributed by atoms with Crippen LogP contribution >= 0.6 is 0 Å². The van der Waals surface area contributed by atoms with Crippen LogP contribution in [0.1, 0.15) is 72.1 Å². The first-order valence-corrected chi connectivity index (χ1v) is 9.02. The standard InChI is InChI=1S/C18H34N2/c1-4-18(2,3)14-7-10-16(19)17(11-14)20(15-8-9-15)12-13-5-6-13/h13-17H,4-12,19H2,1-3H3. The molecule has 2 nitrogen and oxygen atoms in total. The van der Waals surface area contributed by atoms with Crippen molar-refractivity contribution in [3.05, 3.63) is 0 Å². The van der Waals surface area contributed by atoms with Crippen LogP contribution in [0.25, 0.3) is 0 Å². The molecule has 2 N–H and O–H groups in total. The Morgan fingerprint density at radius 2 is 1.75 bits per heavy atom. The molecule has 0 aromatic heterocycles. The Bertz CT molecular complexity index is 330. The van der Waals surface area contributed by atoms with E-state index in [-0.39, 0.29) is 0 Å². The SMILES string of the molecule is CCC(C)(C)C1CCC(N)C(N(CC2CC2)C2CC2)C1. The van der Waals surface area contributed by atoms with Crippen LogP contribution in [0.5, 0.6) is 0 Å². The van der Waals surface area contributed by atoms with E-state index >= 15 is 0 Å². The van der Waals surface area contributed by atoms with Gasteiger partial charge in [-0.1, -0.05) is 27.2 Å².